The van der Waals surface area contributed by atoms with Gasteiger partial charge in [-0.25, -0.2) is 9.69 Å². The molecule has 36 heavy (non-hydrogen) atoms. The van der Waals surface area contributed by atoms with Crippen LogP contribution in [0.5, 0.6) is 0 Å². The van der Waals surface area contributed by atoms with Crippen molar-refractivity contribution in [3.63, 3.8) is 0 Å². The fraction of sp³-hybridized carbons (Fsp3) is 0.179. The van der Waals surface area contributed by atoms with E-state index in [1.807, 2.05) is 36.4 Å². The molecule has 0 radical (unpaired) electrons. The maximum Gasteiger partial charge on any atom is 0.332 e. The van der Waals surface area contributed by atoms with Gasteiger partial charge in [-0.1, -0.05) is 48.0 Å². The van der Waals surface area contributed by atoms with E-state index in [9.17, 15) is 14.4 Å². The molecule has 2 aliphatic heterocycles. The van der Waals surface area contributed by atoms with Crippen molar-refractivity contribution in [2.75, 3.05) is 11.4 Å². The molecule has 0 saturated carbocycles. The first kappa shape index (κ1) is 22.4. The van der Waals surface area contributed by atoms with Crippen molar-refractivity contribution in [1.29, 1.82) is 0 Å². The van der Waals surface area contributed by atoms with Crippen molar-refractivity contribution in [3.8, 4) is 0 Å². The highest BCUT2D eigenvalue weighted by Crippen LogP contribution is 2.45. The van der Waals surface area contributed by atoms with Gasteiger partial charge in [0, 0.05) is 34.6 Å². The molecule has 2 aliphatic rings. The maximum atomic E-state index is 13.9. The second-order valence-corrected chi connectivity index (χ2v) is 9.72. The molecular weight excluding hydrogens is 476 g/mol. The Morgan fingerprint density at radius 3 is 2.64 bits per heavy atom. The quantitative estimate of drug-likeness (QED) is 0.389. The lowest BCUT2D eigenvalue weighted by Gasteiger charge is -2.35. The Balaban J connectivity index is 1.30. The third kappa shape index (κ3) is 3.31. The highest BCUT2D eigenvalue weighted by molar-refractivity contribution is 6.30. The number of carbonyl (C=O) groups is 3. The van der Waals surface area contributed by atoms with Gasteiger partial charge in [0.2, 0.25) is 0 Å². The first-order chi connectivity index (χ1) is 17.4. The average molecular weight is 499 g/mol. The second-order valence-electron chi connectivity index (χ2n) is 9.28. The van der Waals surface area contributed by atoms with Crippen molar-refractivity contribution in [3.05, 3.63) is 100 Å². The van der Waals surface area contributed by atoms with Crippen LogP contribution in [-0.4, -0.2) is 34.3 Å². The zero-order chi connectivity index (χ0) is 25.0. The molecule has 1 atom stereocenters. The van der Waals surface area contributed by atoms with Crippen LogP contribution >= 0.6 is 11.6 Å². The molecule has 3 heterocycles. The molecule has 6 rings (SSSR count). The highest BCUT2D eigenvalue weighted by Gasteiger charge is 2.59. The van der Waals surface area contributed by atoms with Crippen LogP contribution in [0.4, 0.5) is 10.5 Å². The van der Waals surface area contributed by atoms with Gasteiger partial charge in [-0.15, -0.1) is 0 Å². The number of hydrogen-bond acceptors (Lipinski definition) is 3. The molecule has 1 aromatic heterocycles. The van der Waals surface area contributed by atoms with Crippen molar-refractivity contribution in [2.24, 2.45) is 0 Å². The molecule has 2 N–H and O–H groups in total. The molecule has 7 nitrogen and oxygen atoms in total. The number of halogens is 1. The van der Waals surface area contributed by atoms with E-state index < -0.39 is 5.54 Å². The van der Waals surface area contributed by atoms with Gasteiger partial charge in [0.05, 0.1) is 11.4 Å². The predicted molar refractivity (Wildman–Crippen MR) is 138 cm³/mol. The van der Waals surface area contributed by atoms with Crippen molar-refractivity contribution >= 4 is 46.0 Å². The smallest absolute Gasteiger partial charge is 0.332 e. The van der Waals surface area contributed by atoms with Crippen LogP contribution in [0, 0.1) is 0 Å². The number of carbonyl (C=O) groups excluding carboxylic acids is 3. The summed E-state index contributed by atoms with van der Waals surface area (Å²) in [6.45, 7) is 2.56. The number of para-hydroxylation sites is 1. The van der Waals surface area contributed by atoms with Crippen molar-refractivity contribution < 1.29 is 14.4 Å². The molecule has 1 fully saturated rings. The van der Waals surface area contributed by atoms with Crippen LogP contribution < -0.4 is 10.2 Å². The number of nitrogens with zero attached hydrogens (tertiary/aromatic N) is 2. The Morgan fingerprint density at radius 2 is 1.83 bits per heavy atom. The topological polar surface area (TPSA) is 85.5 Å². The van der Waals surface area contributed by atoms with Gasteiger partial charge in [0.15, 0.2) is 5.54 Å². The number of aromatic nitrogens is 1. The maximum absolute atomic E-state index is 13.9. The molecule has 4 aromatic rings. The minimum Gasteiger partial charge on any atom is -0.356 e. The minimum absolute atomic E-state index is 0.298. The van der Waals surface area contributed by atoms with Gasteiger partial charge in [0.25, 0.3) is 11.8 Å². The van der Waals surface area contributed by atoms with Gasteiger partial charge in [-0.3, -0.25) is 9.59 Å². The summed E-state index contributed by atoms with van der Waals surface area (Å²) in [5, 5.41) is 4.58. The Kier molecular flexibility index (Phi) is 5.12. The number of aromatic amines is 1. The zero-order valence-corrected chi connectivity index (χ0v) is 20.3. The first-order valence-corrected chi connectivity index (χ1v) is 12.1. The number of fused-ring (bicyclic) bond motifs is 5. The monoisotopic (exact) mass is 498 g/mol. The summed E-state index contributed by atoms with van der Waals surface area (Å²) < 4.78 is 0. The van der Waals surface area contributed by atoms with Crippen LogP contribution in [-0.2, 0) is 23.3 Å². The Hall–Kier alpha value is -4.10. The lowest BCUT2D eigenvalue weighted by atomic mass is 9.87. The number of imide groups is 1. The number of benzene rings is 3. The van der Waals surface area contributed by atoms with Crippen LogP contribution in [0.1, 0.15) is 34.1 Å². The van der Waals surface area contributed by atoms with Gasteiger partial charge in [-0.05, 0) is 60.9 Å². The molecule has 180 valence electrons. The number of H-pyrrole nitrogens is 1. The van der Waals surface area contributed by atoms with Crippen LogP contribution in [0.2, 0.25) is 5.02 Å². The summed E-state index contributed by atoms with van der Waals surface area (Å²) >= 11 is 5.92. The number of nitrogens with one attached hydrogen (secondary N) is 2. The van der Waals surface area contributed by atoms with E-state index >= 15 is 0 Å². The summed E-state index contributed by atoms with van der Waals surface area (Å²) in [4.78, 5) is 46.4. The fourth-order valence-corrected chi connectivity index (χ4v) is 5.42. The van der Waals surface area contributed by atoms with E-state index in [4.69, 9.17) is 11.6 Å². The number of amides is 4. The van der Waals surface area contributed by atoms with E-state index in [1.54, 1.807) is 48.2 Å². The molecule has 4 amide bonds. The highest BCUT2D eigenvalue weighted by atomic mass is 35.5. The van der Waals surface area contributed by atoms with E-state index in [-0.39, 0.29) is 17.8 Å². The van der Waals surface area contributed by atoms with Gasteiger partial charge >= 0.3 is 6.03 Å². The zero-order valence-electron chi connectivity index (χ0n) is 19.5. The fourth-order valence-electron chi connectivity index (χ4n) is 5.29. The van der Waals surface area contributed by atoms with Crippen LogP contribution in [0.15, 0.2) is 72.8 Å². The van der Waals surface area contributed by atoms with E-state index in [2.05, 4.69) is 10.3 Å². The number of rotatable bonds is 4. The first-order valence-electron chi connectivity index (χ1n) is 11.8. The molecule has 0 aliphatic carbocycles. The molecule has 8 heteroatoms. The van der Waals surface area contributed by atoms with Crippen molar-refractivity contribution in [1.82, 2.24) is 15.2 Å². The van der Waals surface area contributed by atoms with Gasteiger partial charge < -0.3 is 15.2 Å². The normalized spacial score (nSPS) is 18.9. The largest absolute Gasteiger partial charge is 0.356 e. The Labute approximate surface area is 212 Å². The molecule has 1 saturated heterocycles. The minimum atomic E-state index is -1.14. The lowest BCUT2D eigenvalue weighted by molar-refractivity contribution is -0.125. The predicted octanol–water partition coefficient (Wildman–Crippen LogP) is 4.99. The Morgan fingerprint density at radius 1 is 1.06 bits per heavy atom. The van der Waals surface area contributed by atoms with Gasteiger partial charge in [0.1, 0.15) is 0 Å². The molecular formula is C28H23ClN4O3. The third-order valence-corrected chi connectivity index (χ3v) is 7.45. The molecule has 0 bridgehead atoms. The SMILES string of the molecule is C[C@]12C(=O)N(c3cccc(C(=O)NCc4ccc(Cl)cc4)c3)C(=O)N1CCc1c2[nH]c2ccccc12. The average Bonchev–Trinajstić information content (AvgIpc) is 3.37. The molecule has 3 aromatic carbocycles. The number of hydrogen-bond donors (Lipinski definition) is 2. The third-order valence-electron chi connectivity index (χ3n) is 7.20. The van der Waals surface area contributed by atoms with Crippen LogP contribution in [0.3, 0.4) is 0 Å². The van der Waals surface area contributed by atoms with E-state index in [1.165, 1.54) is 4.90 Å². The van der Waals surface area contributed by atoms with Crippen molar-refractivity contribution in [2.45, 2.75) is 25.4 Å². The van der Waals surface area contributed by atoms with Gasteiger partial charge in [-0.2, -0.15) is 0 Å². The summed E-state index contributed by atoms with van der Waals surface area (Å²) in [7, 11) is 0. The van der Waals surface area contributed by atoms with Crippen LogP contribution in [0.25, 0.3) is 10.9 Å². The summed E-state index contributed by atoms with van der Waals surface area (Å²) in [6, 6.07) is 21.4. The Bertz CT molecular complexity index is 1540. The van der Waals surface area contributed by atoms with E-state index in [0.29, 0.717) is 35.8 Å². The summed E-state index contributed by atoms with van der Waals surface area (Å²) in [5.74, 6) is -0.633. The summed E-state index contributed by atoms with van der Waals surface area (Å²) in [5.41, 5.74) is 3.28. The number of anilines is 1. The second kappa shape index (κ2) is 8.24. The summed E-state index contributed by atoms with van der Waals surface area (Å²) in [6.07, 6.45) is 0.662. The number of urea groups is 1. The molecule has 0 unspecified atom stereocenters. The standard InChI is InChI=1S/C28H23ClN4O3/c1-28-24-22(21-7-2-3-8-23(21)31-24)13-14-32(28)27(36)33(26(28)35)20-6-4-5-18(15-20)25(34)30-16-17-9-11-19(29)12-10-17/h2-12,15,31H,13-14,16H2,1H3,(H,30,34)/t28-/m0/s1. The molecule has 0 spiro atoms. The van der Waals surface area contributed by atoms with E-state index in [0.717, 1.165) is 27.7 Å². The lowest BCUT2D eigenvalue weighted by Crippen LogP contribution is -2.49.